The number of ether oxygens (including phenoxy) is 1. The Morgan fingerprint density at radius 3 is 2.64 bits per heavy atom. The first kappa shape index (κ1) is 11.1. The highest BCUT2D eigenvalue weighted by Crippen LogP contribution is 2.28. The fourth-order valence-corrected chi connectivity index (χ4v) is 1.55. The number of benzene rings is 1. The Labute approximate surface area is 86.1 Å². The SMILES string of the molecule is COc1cccc(C(C)(C)CCN)c1. The van der Waals surface area contributed by atoms with Crippen LogP contribution in [0.4, 0.5) is 0 Å². The molecular formula is C12H19NO. The van der Waals surface area contributed by atoms with E-state index in [-0.39, 0.29) is 5.41 Å². The lowest BCUT2D eigenvalue weighted by molar-refractivity contribution is 0.410. The average molecular weight is 193 g/mol. The molecule has 0 aromatic heterocycles. The van der Waals surface area contributed by atoms with Gasteiger partial charge < -0.3 is 10.5 Å². The quantitative estimate of drug-likeness (QED) is 0.796. The van der Waals surface area contributed by atoms with Crippen LogP contribution in [-0.2, 0) is 5.41 Å². The lowest BCUT2D eigenvalue weighted by atomic mass is 9.81. The number of nitrogens with two attached hydrogens (primary N) is 1. The predicted octanol–water partition coefficient (Wildman–Crippen LogP) is 2.32. The standard InChI is InChI=1S/C12H19NO/c1-12(2,7-8-13)10-5-4-6-11(9-10)14-3/h4-6,9H,7-8,13H2,1-3H3. The molecule has 0 fully saturated rings. The highest BCUT2D eigenvalue weighted by Gasteiger charge is 2.19. The Morgan fingerprint density at radius 2 is 2.07 bits per heavy atom. The monoisotopic (exact) mass is 193 g/mol. The smallest absolute Gasteiger partial charge is 0.119 e. The van der Waals surface area contributed by atoms with Crippen LogP contribution >= 0.6 is 0 Å². The summed E-state index contributed by atoms with van der Waals surface area (Å²) in [7, 11) is 1.69. The Kier molecular flexibility index (Phi) is 3.53. The van der Waals surface area contributed by atoms with E-state index in [0.29, 0.717) is 6.54 Å². The molecule has 0 amide bonds. The van der Waals surface area contributed by atoms with Gasteiger partial charge in [0.2, 0.25) is 0 Å². The molecule has 0 unspecified atom stereocenters. The van der Waals surface area contributed by atoms with Crippen molar-refractivity contribution in [3.8, 4) is 5.75 Å². The van der Waals surface area contributed by atoms with E-state index in [1.807, 2.05) is 12.1 Å². The third-order valence-electron chi connectivity index (χ3n) is 2.62. The maximum Gasteiger partial charge on any atom is 0.119 e. The fourth-order valence-electron chi connectivity index (χ4n) is 1.55. The van der Waals surface area contributed by atoms with Crippen LogP contribution in [0.25, 0.3) is 0 Å². The van der Waals surface area contributed by atoms with Gasteiger partial charge in [-0.1, -0.05) is 26.0 Å². The van der Waals surface area contributed by atoms with E-state index < -0.39 is 0 Å². The first-order chi connectivity index (χ1) is 6.60. The van der Waals surface area contributed by atoms with E-state index >= 15 is 0 Å². The van der Waals surface area contributed by atoms with Crippen LogP contribution in [0, 0.1) is 0 Å². The van der Waals surface area contributed by atoms with Crippen molar-refractivity contribution < 1.29 is 4.74 Å². The molecule has 2 heteroatoms. The molecule has 0 aliphatic carbocycles. The molecule has 78 valence electrons. The van der Waals surface area contributed by atoms with E-state index in [9.17, 15) is 0 Å². The summed E-state index contributed by atoms with van der Waals surface area (Å²) in [6, 6.07) is 8.18. The molecule has 1 rings (SSSR count). The molecule has 1 aromatic rings. The Bertz CT molecular complexity index is 294. The molecule has 0 saturated carbocycles. The molecule has 2 nitrogen and oxygen atoms in total. The second kappa shape index (κ2) is 4.47. The zero-order valence-corrected chi connectivity index (χ0v) is 9.21. The van der Waals surface area contributed by atoms with Crippen LogP contribution in [0.15, 0.2) is 24.3 Å². The maximum atomic E-state index is 5.59. The molecular weight excluding hydrogens is 174 g/mol. The summed E-state index contributed by atoms with van der Waals surface area (Å²) < 4.78 is 5.20. The Hall–Kier alpha value is -1.02. The summed E-state index contributed by atoms with van der Waals surface area (Å²) in [5, 5.41) is 0. The van der Waals surface area contributed by atoms with E-state index in [0.717, 1.165) is 12.2 Å². The van der Waals surface area contributed by atoms with Crippen LogP contribution in [0.2, 0.25) is 0 Å². The first-order valence-corrected chi connectivity index (χ1v) is 4.95. The van der Waals surface area contributed by atoms with Gasteiger partial charge in [-0.2, -0.15) is 0 Å². The van der Waals surface area contributed by atoms with Gasteiger partial charge in [-0.25, -0.2) is 0 Å². The zero-order chi connectivity index (χ0) is 10.6. The van der Waals surface area contributed by atoms with Crippen molar-refractivity contribution in [2.24, 2.45) is 5.73 Å². The van der Waals surface area contributed by atoms with Gasteiger partial charge >= 0.3 is 0 Å². The Morgan fingerprint density at radius 1 is 1.36 bits per heavy atom. The van der Waals surface area contributed by atoms with Gasteiger partial charge in [0.15, 0.2) is 0 Å². The minimum absolute atomic E-state index is 0.128. The second-order valence-electron chi connectivity index (χ2n) is 4.15. The molecule has 0 heterocycles. The highest BCUT2D eigenvalue weighted by molar-refractivity contribution is 5.32. The van der Waals surface area contributed by atoms with Gasteiger partial charge in [0, 0.05) is 0 Å². The molecule has 14 heavy (non-hydrogen) atoms. The van der Waals surface area contributed by atoms with Crippen LogP contribution in [0.1, 0.15) is 25.8 Å². The van der Waals surface area contributed by atoms with Gasteiger partial charge in [0.05, 0.1) is 7.11 Å². The zero-order valence-electron chi connectivity index (χ0n) is 9.21. The lowest BCUT2D eigenvalue weighted by Crippen LogP contribution is -2.21. The minimum atomic E-state index is 0.128. The van der Waals surface area contributed by atoms with Gasteiger partial charge in [-0.15, -0.1) is 0 Å². The summed E-state index contributed by atoms with van der Waals surface area (Å²) in [5.41, 5.74) is 7.00. The molecule has 0 radical (unpaired) electrons. The molecule has 1 aromatic carbocycles. The normalized spacial score (nSPS) is 11.4. The number of methoxy groups -OCH3 is 1. The molecule has 0 saturated heterocycles. The molecule has 2 N–H and O–H groups in total. The van der Waals surface area contributed by atoms with Crippen molar-refractivity contribution in [1.29, 1.82) is 0 Å². The fraction of sp³-hybridized carbons (Fsp3) is 0.500. The van der Waals surface area contributed by atoms with Gasteiger partial charge in [0.1, 0.15) is 5.75 Å². The second-order valence-corrected chi connectivity index (χ2v) is 4.15. The van der Waals surface area contributed by atoms with Crippen LogP contribution in [0.3, 0.4) is 0 Å². The van der Waals surface area contributed by atoms with Crippen molar-refractivity contribution in [2.45, 2.75) is 25.7 Å². The van der Waals surface area contributed by atoms with E-state index in [2.05, 4.69) is 26.0 Å². The minimum Gasteiger partial charge on any atom is -0.497 e. The molecule has 0 spiro atoms. The molecule has 0 aliphatic rings. The summed E-state index contributed by atoms with van der Waals surface area (Å²) in [6.45, 7) is 5.12. The average Bonchev–Trinajstić information content (AvgIpc) is 2.18. The van der Waals surface area contributed by atoms with Crippen molar-refractivity contribution in [1.82, 2.24) is 0 Å². The van der Waals surface area contributed by atoms with Crippen molar-refractivity contribution in [3.63, 3.8) is 0 Å². The molecule has 0 atom stereocenters. The first-order valence-electron chi connectivity index (χ1n) is 4.95. The van der Waals surface area contributed by atoms with Crippen LogP contribution in [-0.4, -0.2) is 13.7 Å². The summed E-state index contributed by atoms with van der Waals surface area (Å²) in [5.74, 6) is 0.910. The largest absolute Gasteiger partial charge is 0.497 e. The van der Waals surface area contributed by atoms with E-state index in [1.165, 1.54) is 5.56 Å². The van der Waals surface area contributed by atoms with Crippen LogP contribution < -0.4 is 10.5 Å². The van der Waals surface area contributed by atoms with E-state index in [1.54, 1.807) is 7.11 Å². The Balaban J connectivity index is 2.93. The van der Waals surface area contributed by atoms with Crippen molar-refractivity contribution in [2.75, 3.05) is 13.7 Å². The molecule has 0 aliphatic heterocycles. The lowest BCUT2D eigenvalue weighted by Gasteiger charge is -2.24. The molecule has 0 bridgehead atoms. The van der Waals surface area contributed by atoms with E-state index in [4.69, 9.17) is 10.5 Å². The third kappa shape index (κ3) is 2.48. The number of hydrogen-bond acceptors (Lipinski definition) is 2. The van der Waals surface area contributed by atoms with Gasteiger partial charge in [-0.3, -0.25) is 0 Å². The summed E-state index contributed by atoms with van der Waals surface area (Å²) in [6.07, 6.45) is 0.986. The highest BCUT2D eigenvalue weighted by atomic mass is 16.5. The summed E-state index contributed by atoms with van der Waals surface area (Å²) >= 11 is 0. The van der Waals surface area contributed by atoms with Crippen molar-refractivity contribution in [3.05, 3.63) is 29.8 Å². The van der Waals surface area contributed by atoms with Gasteiger partial charge in [-0.05, 0) is 36.1 Å². The summed E-state index contributed by atoms with van der Waals surface area (Å²) in [4.78, 5) is 0. The maximum absolute atomic E-state index is 5.59. The van der Waals surface area contributed by atoms with Gasteiger partial charge in [0.25, 0.3) is 0 Å². The van der Waals surface area contributed by atoms with Crippen LogP contribution in [0.5, 0.6) is 5.75 Å². The van der Waals surface area contributed by atoms with Crippen molar-refractivity contribution >= 4 is 0 Å². The third-order valence-corrected chi connectivity index (χ3v) is 2.62. The predicted molar refractivity (Wildman–Crippen MR) is 59.7 cm³/mol. The topological polar surface area (TPSA) is 35.2 Å². The number of rotatable bonds is 4. The number of hydrogen-bond donors (Lipinski definition) is 1.